The molecule has 0 aromatic heterocycles. The van der Waals surface area contributed by atoms with Crippen molar-refractivity contribution in [2.45, 2.75) is 45.7 Å². The number of aliphatic hydroxyl groups excluding tert-OH is 1. The van der Waals surface area contributed by atoms with Gasteiger partial charge in [0.15, 0.2) is 17.4 Å². The number of rotatable bonds is 5. The van der Waals surface area contributed by atoms with Crippen LogP contribution in [0.1, 0.15) is 55.6 Å². The van der Waals surface area contributed by atoms with E-state index in [1.807, 2.05) is 30.3 Å². The molecule has 1 amide bonds. The maximum absolute atomic E-state index is 13.1. The largest absolute Gasteiger partial charge is 0.505 e. The molecule has 1 fully saturated rings. The van der Waals surface area contributed by atoms with Crippen LogP contribution in [0.5, 0.6) is 5.75 Å². The number of para-hydroxylation sites is 1. The Morgan fingerprint density at radius 1 is 1.14 bits per heavy atom. The van der Waals surface area contributed by atoms with Crippen LogP contribution in [0.4, 0.5) is 5.69 Å². The molecular weight excluding hydrogens is 466 g/mol. The van der Waals surface area contributed by atoms with Crippen LogP contribution in [0.3, 0.4) is 0 Å². The average Bonchev–Trinajstić information content (AvgIpc) is 3.44. The van der Waals surface area contributed by atoms with Gasteiger partial charge in [0.2, 0.25) is 0 Å². The highest BCUT2D eigenvalue weighted by atomic mass is 32.2. The van der Waals surface area contributed by atoms with Crippen LogP contribution >= 0.6 is 0 Å². The third-order valence-electron chi connectivity index (χ3n) is 6.21. The Hall–Kier alpha value is -3.24. The Labute approximate surface area is 207 Å². The van der Waals surface area contributed by atoms with Gasteiger partial charge in [0.1, 0.15) is 0 Å². The van der Waals surface area contributed by atoms with Crippen LogP contribution in [-0.2, 0) is 11.2 Å². The molecule has 186 valence electrons. The first kappa shape index (κ1) is 24.9. The highest BCUT2D eigenvalue weighted by Gasteiger charge is 2.33. The normalized spacial score (nSPS) is 20.9. The summed E-state index contributed by atoms with van der Waals surface area (Å²) in [5, 5.41) is 26.9. The number of amidine groups is 2. The third kappa shape index (κ3) is 5.38. The lowest BCUT2D eigenvalue weighted by Gasteiger charge is -2.32. The maximum Gasteiger partial charge on any atom is 0.269 e. The number of nitrogens with zero attached hydrogens (tertiary/aromatic N) is 3. The average molecular weight is 498 g/mol. The summed E-state index contributed by atoms with van der Waals surface area (Å²) in [6, 6.07) is 14.3. The number of amides is 1. The first-order valence-corrected chi connectivity index (χ1v) is 12.7. The van der Waals surface area contributed by atoms with Crippen LogP contribution in [0.15, 0.2) is 57.3 Å². The summed E-state index contributed by atoms with van der Waals surface area (Å²) in [7, 11) is 0. The number of carbonyl (C=O) groups excluding carboxylic acids is 1. The lowest BCUT2D eigenvalue weighted by Crippen LogP contribution is -2.41. The molecule has 2 aromatic carbocycles. The number of hydrogen-bond donors (Lipinski definition) is 4. The molecular formula is C25H31N5O4S. The second-order valence-electron chi connectivity index (χ2n) is 9.77. The molecule has 2 aliphatic rings. The van der Waals surface area contributed by atoms with E-state index in [0.717, 1.165) is 18.4 Å². The topological polar surface area (TPSA) is 127 Å². The molecule has 3 unspecified atom stereocenters. The van der Waals surface area contributed by atoms with Crippen LogP contribution < -0.4 is 10.6 Å². The third-order valence-corrected chi connectivity index (χ3v) is 6.89. The van der Waals surface area contributed by atoms with Crippen LogP contribution in [0.25, 0.3) is 0 Å². The van der Waals surface area contributed by atoms with Crippen LogP contribution in [0.2, 0.25) is 0 Å². The van der Waals surface area contributed by atoms with Gasteiger partial charge in [0.25, 0.3) is 17.1 Å². The molecule has 10 heteroatoms. The molecule has 0 saturated carbocycles. The molecule has 0 bridgehead atoms. The summed E-state index contributed by atoms with van der Waals surface area (Å²) in [6.45, 7) is 6.68. The number of likely N-dealkylation sites (tertiary alicyclic amines) is 1. The Bertz CT molecular complexity index is 1180. The van der Waals surface area contributed by atoms with Gasteiger partial charge in [-0.3, -0.25) is 4.79 Å². The fourth-order valence-corrected chi connectivity index (χ4v) is 5.04. The first-order valence-electron chi connectivity index (χ1n) is 11.6. The van der Waals surface area contributed by atoms with Gasteiger partial charge < -0.3 is 25.7 Å². The molecule has 9 nitrogen and oxygen atoms in total. The van der Waals surface area contributed by atoms with E-state index in [-0.39, 0.29) is 52.8 Å². The number of aromatic hydroxyl groups is 1. The van der Waals surface area contributed by atoms with Crippen molar-refractivity contribution in [3.05, 3.63) is 59.7 Å². The van der Waals surface area contributed by atoms with Gasteiger partial charge in [-0.1, -0.05) is 57.2 Å². The smallest absolute Gasteiger partial charge is 0.269 e. The van der Waals surface area contributed by atoms with Gasteiger partial charge in [0.05, 0.1) is 29.9 Å². The van der Waals surface area contributed by atoms with Crippen molar-refractivity contribution < 1.29 is 19.2 Å². The highest BCUT2D eigenvalue weighted by molar-refractivity contribution is 7.83. The fourth-order valence-electron chi connectivity index (χ4n) is 4.41. The van der Waals surface area contributed by atoms with Crippen LogP contribution in [0, 0.1) is 5.41 Å². The van der Waals surface area contributed by atoms with Crippen LogP contribution in [-0.4, -0.2) is 56.1 Å². The number of nitrogens with one attached hydrogen (secondary N) is 2. The number of hydrogen-bond acceptors (Lipinski definition) is 6. The maximum atomic E-state index is 13.1. The van der Waals surface area contributed by atoms with E-state index in [2.05, 4.69) is 40.2 Å². The summed E-state index contributed by atoms with van der Waals surface area (Å²) >= 11 is -1.82. The Morgan fingerprint density at radius 2 is 1.86 bits per heavy atom. The highest BCUT2D eigenvalue weighted by Crippen LogP contribution is 2.34. The first-order chi connectivity index (χ1) is 16.7. The van der Waals surface area contributed by atoms with Crippen molar-refractivity contribution in [1.82, 2.24) is 10.2 Å². The predicted molar refractivity (Wildman–Crippen MR) is 138 cm³/mol. The van der Waals surface area contributed by atoms with Gasteiger partial charge in [0, 0.05) is 6.54 Å². The molecule has 4 rings (SSSR count). The van der Waals surface area contributed by atoms with Crippen molar-refractivity contribution in [2.24, 2.45) is 14.2 Å². The molecule has 1 saturated heterocycles. The van der Waals surface area contributed by atoms with E-state index < -0.39 is 11.2 Å². The number of carbonyl (C=O) groups is 1. The minimum Gasteiger partial charge on any atom is -0.505 e. The molecule has 2 aliphatic heterocycles. The summed E-state index contributed by atoms with van der Waals surface area (Å²) < 4.78 is 20.5. The van der Waals surface area contributed by atoms with Crippen molar-refractivity contribution in [3.63, 3.8) is 0 Å². The Morgan fingerprint density at radius 3 is 2.54 bits per heavy atom. The standard InChI is InChI=1S/C25H31N5O4S/c1-25(2,3)21(16-9-5-4-6-10-16)27-23-22(28-35(34)29-23)26-19-13-7-12-18(20(19)32)24(33)30-14-8-11-17(30)15-31/h4-7,9-10,12-13,17,21,31-32H,8,11,14-15H2,1-3H3,(H,26,28)(H,27,29). The van der Waals surface area contributed by atoms with E-state index >= 15 is 0 Å². The zero-order chi connectivity index (χ0) is 25.2. The molecule has 2 heterocycles. The summed E-state index contributed by atoms with van der Waals surface area (Å²) in [5.41, 5.74) is 1.21. The Kier molecular flexibility index (Phi) is 7.23. The Balaban J connectivity index is 1.58. The molecule has 3 atom stereocenters. The van der Waals surface area contributed by atoms with Gasteiger partial charge >= 0.3 is 0 Å². The number of anilines is 1. The lowest BCUT2D eigenvalue weighted by molar-refractivity contribution is 0.0674. The van der Waals surface area contributed by atoms with Crippen molar-refractivity contribution in [3.8, 4) is 5.75 Å². The van der Waals surface area contributed by atoms with E-state index in [0.29, 0.717) is 12.4 Å². The number of phenolic OH excluding ortho intramolecular Hbond substituents is 1. The predicted octanol–water partition coefficient (Wildman–Crippen LogP) is 3.17. The van der Waals surface area contributed by atoms with E-state index in [4.69, 9.17) is 0 Å². The number of benzene rings is 2. The zero-order valence-electron chi connectivity index (χ0n) is 20.1. The zero-order valence-corrected chi connectivity index (χ0v) is 20.9. The molecule has 0 radical (unpaired) electrons. The summed E-state index contributed by atoms with van der Waals surface area (Å²) in [6.07, 6.45) is 1.53. The lowest BCUT2D eigenvalue weighted by atomic mass is 9.82. The molecule has 2 aromatic rings. The minimum atomic E-state index is -1.82. The van der Waals surface area contributed by atoms with E-state index in [9.17, 15) is 19.2 Å². The van der Waals surface area contributed by atoms with Gasteiger partial charge in [-0.25, -0.2) is 4.21 Å². The molecule has 35 heavy (non-hydrogen) atoms. The van der Waals surface area contributed by atoms with Gasteiger partial charge in [-0.05, 0) is 36.0 Å². The second kappa shape index (κ2) is 10.2. The fraction of sp³-hybridized carbons (Fsp3) is 0.400. The SMILES string of the molecule is CC(C)(C)C(NC1=NS(=O)N=C1Nc1cccc(C(=O)N2CCCC2CO)c1O)c1ccccc1. The quantitative estimate of drug-likeness (QED) is 0.470. The second-order valence-corrected chi connectivity index (χ2v) is 10.6. The monoisotopic (exact) mass is 497 g/mol. The number of aliphatic hydroxyl groups is 1. The van der Waals surface area contributed by atoms with E-state index in [1.54, 1.807) is 23.1 Å². The van der Waals surface area contributed by atoms with Crippen molar-refractivity contribution in [2.75, 3.05) is 18.5 Å². The van der Waals surface area contributed by atoms with Crippen molar-refractivity contribution >= 4 is 34.4 Å². The molecule has 0 spiro atoms. The minimum absolute atomic E-state index is 0.116. The summed E-state index contributed by atoms with van der Waals surface area (Å²) in [5.74, 6) is -0.0641. The molecule has 4 N–H and O–H groups in total. The van der Waals surface area contributed by atoms with E-state index in [1.165, 1.54) is 0 Å². The van der Waals surface area contributed by atoms with Crippen molar-refractivity contribution in [1.29, 1.82) is 0 Å². The van der Waals surface area contributed by atoms with Gasteiger partial charge in [-0.15, -0.1) is 8.80 Å². The molecule has 0 aliphatic carbocycles. The number of phenols is 1. The summed E-state index contributed by atoms with van der Waals surface area (Å²) in [4.78, 5) is 14.7. The van der Waals surface area contributed by atoms with Gasteiger partial charge in [-0.2, -0.15) is 0 Å².